The minimum Gasteiger partial charge on any atom is -0.330 e. The van der Waals surface area contributed by atoms with Crippen LogP contribution in [0.15, 0.2) is 91.1 Å². The molecule has 0 N–H and O–H groups in total. The van der Waals surface area contributed by atoms with Gasteiger partial charge in [0.15, 0.2) is 0 Å². The number of carbonyl (C=O) groups excluding carboxylic acids is 1. The van der Waals surface area contributed by atoms with Gasteiger partial charge in [0.1, 0.15) is 0 Å². The Hall–Kier alpha value is -3.46. The van der Waals surface area contributed by atoms with Gasteiger partial charge in [0.05, 0.1) is 11.1 Å². The first-order chi connectivity index (χ1) is 13.7. The lowest BCUT2D eigenvalue weighted by atomic mass is 10.1. The van der Waals surface area contributed by atoms with Crippen LogP contribution < -0.4 is 0 Å². The molecule has 4 aromatic rings. The van der Waals surface area contributed by atoms with E-state index in [4.69, 9.17) is 0 Å². The molecule has 0 bridgehead atoms. The van der Waals surface area contributed by atoms with E-state index in [-0.39, 0.29) is 5.91 Å². The third-order valence-electron chi connectivity index (χ3n) is 4.96. The van der Waals surface area contributed by atoms with Gasteiger partial charge in [-0.05, 0) is 35.7 Å². The number of aromatic nitrogens is 1. The summed E-state index contributed by atoms with van der Waals surface area (Å²) >= 11 is 0. The van der Waals surface area contributed by atoms with Crippen molar-refractivity contribution in [1.29, 1.82) is 0 Å². The van der Waals surface area contributed by atoms with E-state index >= 15 is 0 Å². The van der Waals surface area contributed by atoms with Crippen LogP contribution in [-0.2, 0) is 13.1 Å². The van der Waals surface area contributed by atoms with E-state index in [0.717, 1.165) is 22.0 Å². The van der Waals surface area contributed by atoms with Gasteiger partial charge in [-0.2, -0.15) is 0 Å². The summed E-state index contributed by atoms with van der Waals surface area (Å²) in [6.07, 6.45) is 1.68. The summed E-state index contributed by atoms with van der Waals surface area (Å²) in [6.45, 7) is 3.20. The summed E-state index contributed by atoms with van der Waals surface area (Å²) in [7, 11) is 0. The second kappa shape index (κ2) is 8.05. The van der Waals surface area contributed by atoms with Gasteiger partial charge in [-0.3, -0.25) is 9.78 Å². The predicted octanol–water partition coefficient (Wildman–Crippen LogP) is 5.39. The lowest BCUT2D eigenvalue weighted by Gasteiger charge is -2.24. The van der Waals surface area contributed by atoms with Crippen LogP contribution in [-0.4, -0.2) is 15.8 Å². The highest BCUT2D eigenvalue weighted by atomic mass is 16.2. The molecule has 1 heterocycles. The average Bonchev–Trinajstić information content (AvgIpc) is 2.74. The molecule has 0 atom stereocenters. The molecule has 1 aromatic heterocycles. The maximum atomic E-state index is 13.4. The zero-order chi connectivity index (χ0) is 19.3. The topological polar surface area (TPSA) is 33.2 Å². The number of hydrogen-bond donors (Lipinski definition) is 0. The van der Waals surface area contributed by atoms with Gasteiger partial charge in [-0.15, -0.1) is 0 Å². The number of para-hydroxylation sites is 1. The fourth-order valence-corrected chi connectivity index (χ4v) is 3.37. The summed E-state index contributed by atoms with van der Waals surface area (Å²) in [5.41, 5.74) is 4.96. The SMILES string of the molecule is Cc1ccccc1CN(Cc1ccccc1)C(=O)c1cnc2ccccc2c1. The number of hydrogen-bond acceptors (Lipinski definition) is 2. The van der Waals surface area contributed by atoms with Crippen molar-refractivity contribution in [2.75, 3.05) is 0 Å². The molecular weight excluding hydrogens is 344 g/mol. The lowest BCUT2D eigenvalue weighted by Crippen LogP contribution is -2.30. The van der Waals surface area contributed by atoms with E-state index in [9.17, 15) is 4.79 Å². The van der Waals surface area contributed by atoms with Crippen LogP contribution >= 0.6 is 0 Å². The van der Waals surface area contributed by atoms with Crippen LogP contribution in [0.5, 0.6) is 0 Å². The monoisotopic (exact) mass is 366 g/mol. The Morgan fingerprint density at radius 1 is 0.857 bits per heavy atom. The first kappa shape index (κ1) is 17.9. The summed E-state index contributed by atoms with van der Waals surface area (Å²) in [5, 5.41) is 0.976. The minimum atomic E-state index is -0.00893. The van der Waals surface area contributed by atoms with E-state index in [1.807, 2.05) is 65.6 Å². The molecular formula is C25H22N2O. The maximum Gasteiger partial charge on any atom is 0.256 e. The van der Waals surface area contributed by atoms with Crippen molar-refractivity contribution in [2.24, 2.45) is 0 Å². The molecule has 3 heteroatoms. The van der Waals surface area contributed by atoms with E-state index in [2.05, 4.69) is 36.2 Å². The van der Waals surface area contributed by atoms with Crippen molar-refractivity contribution < 1.29 is 4.79 Å². The Morgan fingerprint density at radius 3 is 2.39 bits per heavy atom. The van der Waals surface area contributed by atoms with Gasteiger partial charge in [0.25, 0.3) is 5.91 Å². The van der Waals surface area contributed by atoms with Crippen LogP contribution in [0.25, 0.3) is 10.9 Å². The van der Waals surface area contributed by atoms with Gasteiger partial charge >= 0.3 is 0 Å². The first-order valence-corrected chi connectivity index (χ1v) is 9.43. The molecule has 138 valence electrons. The van der Waals surface area contributed by atoms with E-state index in [0.29, 0.717) is 18.7 Å². The number of nitrogens with zero attached hydrogens (tertiary/aromatic N) is 2. The minimum absolute atomic E-state index is 0.00893. The van der Waals surface area contributed by atoms with Gasteiger partial charge in [0.2, 0.25) is 0 Å². The summed E-state index contributed by atoms with van der Waals surface area (Å²) in [4.78, 5) is 19.8. The van der Waals surface area contributed by atoms with Crippen LogP contribution in [0.2, 0.25) is 0 Å². The Morgan fingerprint density at radius 2 is 1.57 bits per heavy atom. The predicted molar refractivity (Wildman–Crippen MR) is 113 cm³/mol. The van der Waals surface area contributed by atoms with Crippen molar-refractivity contribution in [3.8, 4) is 0 Å². The molecule has 0 radical (unpaired) electrons. The maximum absolute atomic E-state index is 13.4. The van der Waals surface area contributed by atoms with Crippen molar-refractivity contribution >= 4 is 16.8 Å². The van der Waals surface area contributed by atoms with Crippen molar-refractivity contribution in [1.82, 2.24) is 9.88 Å². The fourth-order valence-electron chi connectivity index (χ4n) is 3.37. The third kappa shape index (κ3) is 3.94. The van der Waals surface area contributed by atoms with Crippen LogP contribution in [0, 0.1) is 6.92 Å². The van der Waals surface area contributed by atoms with E-state index < -0.39 is 0 Å². The molecule has 0 aliphatic rings. The number of fused-ring (bicyclic) bond motifs is 1. The van der Waals surface area contributed by atoms with E-state index in [1.54, 1.807) is 6.20 Å². The van der Waals surface area contributed by atoms with Crippen molar-refractivity contribution in [3.63, 3.8) is 0 Å². The molecule has 28 heavy (non-hydrogen) atoms. The Labute approximate surface area is 165 Å². The fraction of sp³-hybridized carbons (Fsp3) is 0.120. The molecule has 0 aliphatic heterocycles. The number of rotatable bonds is 5. The van der Waals surface area contributed by atoms with Crippen molar-refractivity contribution in [3.05, 3.63) is 113 Å². The molecule has 1 amide bonds. The first-order valence-electron chi connectivity index (χ1n) is 9.43. The van der Waals surface area contributed by atoms with Crippen molar-refractivity contribution in [2.45, 2.75) is 20.0 Å². The van der Waals surface area contributed by atoms with Crippen LogP contribution in [0.3, 0.4) is 0 Å². The molecule has 3 aromatic carbocycles. The number of amides is 1. The summed E-state index contributed by atoms with van der Waals surface area (Å²) in [6, 6.07) is 28.1. The molecule has 0 aliphatic carbocycles. The molecule has 0 saturated carbocycles. The average molecular weight is 366 g/mol. The Bertz CT molecular complexity index is 1110. The zero-order valence-corrected chi connectivity index (χ0v) is 15.9. The highest BCUT2D eigenvalue weighted by Crippen LogP contribution is 2.19. The van der Waals surface area contributed by atoms with Gasteiger partial charge in [0, 0.05) is 24.7 Å². The number of benzene rings is 3. The smallest absolute Gasteiger partial charge is 0.256 e. The molecule has 0 fully saturated rings. The van der Waals surface area contributed by atoms with Gasteiger partial charge in [-0.1, -0.05) is 72.8 Å². The summed E-state index contributed by atoms with van der Waals surface area (Å²) in [5.74, 6) is -0.00893. The zero-order valence-electron chi connectivity index (χ0n) is 15.9. The highest BCUT2D eigenvalue weighted by Gasteiger charge is 2.18. The normalized spacial score (nSPS) is 10.8. The number of carbonyl (C=O) groups is 1. The molecule has 3 nitrogen and oxygen atoms in total. The summed E-state index contributed by atoms with van der Waals surface area (Å²) < 4.78 is 0. The van der Waals surface area contributed by atoms with Gasteiger partial charge < -0.3 is 4.90 Å². The molecule has 0 saturated heterocycles. The number of pyridine rings is 1. The standard InChI is InChI=1S/C25H22N2O/c1-19-9-5-6-13-22(19)18-27(17-20-10-3-2-4-11-20)25(28)23-15-21-12-7-8-14-24(21)26-16-23/h2-16H,17-18H2,1H3. The highest BCUT2D eigenvalue weighted by molar-refractivity contribution is 5.97. The quantitative estimate of drug-likeness (QED) is 0.475. The third-order valence-corrected chi connectivity index (χ3v) is 4.96. The van der Waals surface area contributed by atoms with Crippen LogP contribution in [0.1, 0.15) is 27.0 Å². The largest absolute Gasteiger partial charge is 0.330 e. The second-order valence-corrected chi connectivity index (χ2v) is 6.99. The number of aryl methyl sites for hydroxylation is 1. The molecule has 0 spiro atoms. The Kier molecular flexibility index (Phi) is 5.16. The van der Waals surface area contributed by atoms with Gasteiger partial charge in [-0.25, -0.2) is 0 Å². The van der Waals surface area contributed by atoms with E-state index in [1.165, 1.54) is 5.56 Å². The lowest BCUT2D eigenvalue weighted by molar-refractivity contribution is 0.0729. The second-order valence-electron chi connectivity index (χ2n) is 6.99. The Balaban J connectivity index is 1.68. The molecule has 0 unspecified atom stereocenters. The molecule has 4 rings (SSSR count). The van der Waals surface area contributed by atoms with Crippen LogP contribution in [0.4, 0.5) is 0 Å².